The number of carboxylic acids is 1. The zero-order chi connectivity index (χ0) is 23.7. The van der Waals surface area contributed by atoms with Crippen molar-refractivity contribution in [3.63, 3.8) is 0 Å². The lowest BCUT2D eigenvalue weighted by molar-refractivity contribution is 0.0697. The monoisotopic (exact) mass is 471 g/mol. The van der Waals surface area contributed by atoms with Crippen LogP contribution in [0.4, 0.5) is 5.69 Å². The van der Waals surface area contributed by atoms with Crippen molar-refractivity contribution in [1.82, 2.24) is 10.3 Å². The summed E-state index contributed by atoms with van der Waals surface area (Å²) >= 11 is 5.75. The van der Waals surface area contributed by atoms with Crippen LogP contribution in [0.5, 0.6) is 5.75 Å². The van der Waals surface area contributed by atoms with Gasteiger partial charge >= 0.3 is 5.97 Å². The van der Waals surface area contributed by atoms with Gasteiger partial charge in [-0.2, -0.15) is 0 Å². The number of anilines is 1. The van der Waals surface area contributed by atoms with Gasteiger partial charge in [0.15, 0.2) is 5.11 Å². The van der Waals surface area contributed by atoms with Crippen LogP contribution in [0.3, 0.4) is 0 Å². The zero-order valence-electron chi connectivity index (χ0n) is 18.2. The number of thiocarbonyl (C=S) groups is 1. The number of pyridine rings is 1. The highest BCUT2D eigenvalue weighted by atomic mass is 32.1. The predicted octanol–water partition coefficient (Wildman–Crippen LogP) is 5.23. The largest absolute Gasteiger partial charge is 0.495 e. The van der Waals surface area contributed by atoms with E-state index in [0.29, 0.717) is 27.9 Å². The summed E-state index contributed by atoms with van der Waals surface area (Å²) in [4.78, 5) is 17.9. The quantitative estimate of drug-likeness (QED) is 0.370. The van der Waals surface area contributed by atoms with Crippen LogP contribution in [-0.4, -0.2) is 28.3 Å². The van der Waals surface area contributed by atoms with Gasteiger partial charge in [0.1, 0.15) is 23.3 Å². The zero-order valence-corrected chi connectivity index (χ0v) is 19.0. The van der Waals surface area contributed by atoms with Gasteiger partial charge in [0.2, 0.25) is 0 Å². The molecule has 2 atom stereocenters. The minimum atomic E-state index is -0.989. The Balaban J connectivity index is 1.61. The number of benzene rings is 2. The molecule has 3 heterocycles. The van der Waals surface area contributed by atoms with Gasteiger partial charge in [0.25, 0.3) is 0 Å². The van der Waals surface area contributed by atoms with Gasteiger partial charge in [-0.15, -0.1) is 0 Å². The maximum Gasteiger partial charge on any atom is 0.335 e. The highest BCUT2D eigenvalue weighted by Gasteiger charge is 2.43. The summed E-state index contributed by atoms with van der Waals surface area (Å²) in [6, 6.07) is 23.2. The summed E-state index contributed by atoms with van der Waals surface area (Å²) in [5.41, 5.74) is 2.49. The molecule has 0 aliphatic carbocycles. The van der Waals surface area contributed by atoms with E-state index in [2.05, 4.69) is 10.3 Å². The van der Waals surface area contributed by atoms with Gasteiger partial charge in [0, 0.05) is 11.8 Å². The maximum absolute atomic E-state index is 11.4. The first kappa shape index (κ1) is 21.7. The smallest absolute Gasteiger partial charge is 0.335 e. The van der Waals surface area contributed by atoms with Crippen molar-refractivity contribution in [2.24, 2.45) is 0 Å². The van der Waals surface area contributed by atoms with Crippen LogP contribution in [0.2, 0.25) is 0 Å². The molecule has 0 unspecified atom stereocenters. The summed E-state index contributed by atoms with van der Waals surface area (Å²) < 4.78 is 11.9. The molecule has 5 rings (SSSR count). The molecular formula is C26H21N3O4S. The Bertz CT molecular complexity index is 1350. The number of hydrogen-bond acceptors (Lipinski definition) is 5. The Labute approximate surface area is 201 Å². The highest BCUT2D eigenvalue weighted by molar-refractivity contribution is 7.80. The molecule has 170 valence electrons. The molecule has 1 saturated heterocycles. The van der Waals surface area contributed by atoms with E-state index in [-0.39, 0.29) is 17.6 Å². The number of aromatic nitrogens is 1. The Kier molecular flexibility index (Phi) is 5.73. The molecule has 1 aliphatic rings. The number of carboxylic acid groups (broad SMARTS) is 1. The minimum absolute atomic E-state index is 0.196. The molecule has 7 nitrogen and oxygen atoms in total. The number of nitrogens with one attached hydrogen (secondary N) is 1. The van der Waals surface area contributed by atoms with E-state index in [1.54, 1.807) is 31.5 Å². The summed E-state index contributed by atoms with van der Waals surface area (Å²) in [6.45, 7) is 0. The van der Waals surface area contributed by atoms with Crippen LogP contribution >= 0.6 is 12.2 Å². The van der Waals surface area contributed by atoms with Crippen molar-refractivity contribution in [3.05, 3.63) is 102 Å². The molecule has 0 saturated carbocycles. The van der Waals surface area contributed by atoms with E-state index in [9.17, 15) is 9.90 Å². The molecule has 34 heavy (non-hydrogen) atoms. The first-order valence-electron chi connectivity index (χ1n) is 10.6. The van der Waals surface area contributed by atoms with Crippen molar-refractivity contribution in [2.45, 2.75) is 12.1 Å². The first-order valence-corrected chi connectivity index (χ1v) is 11.0. The van der Waals surface area contributed by atoms with Crippen LogP contribution in [0.1, 0.15) is 33.9 Å². The van der Waals surface area contributed by atoms with Crippen molar-refractivity contribution in [3.8, 4) is 17.1 Å². The Hall–Kier alpha value is -4.17. The molecule has 0 spiro atoms. The average molecular weight is 472 g/mol. The lowest BCUT2D eigenvalue weighted by atomic mass is 10.0. The third kappa shape index (κ3) is 3.88. The fourth-order valence-corrected chi connectivity index (χ4v) is 4.54. The summed E-state index contributed by atoms with van der Waals surface area (Å²) in [6.07, 6.45) is 1.74. The van der Waals surface area contributed by atoms with Crippen LogP contribution < -0.4 is 15.0 Å². The second kappa shape index (κ2) is 8.99. The normalized spacial score (nSPS) is 17.4. The lowest BCUT2D eigenvalue weighted by Crippen LogP contribution is -2.29. The molecule has 2 aromatic carbocycles. The minimum Gasteiger partial charge on any atom is -0.495 e. The molecule has 1 aliphatic heterocycles. The van der Waals surface area contributed by atoms with Gasteiger partial charge < -0.3 is 24.5 Å². The van der Waals surface area contributed by atoms with E-state index >= 15 is 0 Å². The number of aromatic carboxylic acids is 1. The number of hydrogen-bond donors (Lipinski definition) is 2. The lowest BCUT2D eigenvalue weighted by Gasteiger charge is -2.27. The van der Waals surface area contributed by atoms with Crippen LogP contribution in [0.15, 0.2) is 89.5 Å². The Morgan fingerprint density at radius 2 is 1.91 bits per heavy atom. The molecule has 1 fully saturated rings. The topological polar surface area (TPSA) is 87.8 Å². The third-order valence-corrected chi connectivity index (χ3v) is 6.07. The number of para-hydroxylation sites is 2. The second-order valence-corrected chi connectivity index (χ2v) is 8.14. The van der Waals surface area contributed by atoms with Gasteiger partial charge in [-0.3, -0.25) is 4.98 Å². The second-order valence-electron chi connectivity index (χ2n) is 7.76. The molecule has 2 N–H and O–H groups in total. The number of methoxy groups -OCH3 is 1. The average Bonchev–Trinajstić information content (AvgIpc) is 3.49. The molecule has 0 radical (unpaired) electrons. The van der Waals surface area contributed by atoms with Crippen molar-refractivity contribution in [1.29, 1.82) is 0 Å². The molecule has 0 amide bonds. The Morgan fingerprint density at radius 3 is 2.68 bits per heavy atom. The maximum atomic E-state index is 11.4. The van der Waals surface area contributed by atoms with Gasteiger partial charge in [-0.1, -0.05) is 30.3 Å². The summed E-state index contributed by atoms with van der Waals surface area (Å²) in [5.74, 6) is 0.913. The fraction of sp³-hybridized carbons (Fsp3) is 0.115. The summed E-state index contributed by atoms with van der Waals surface area (Å²) in [5, 5.41) is 13.3. The van der Waals surface area contributed by atoms with Crippen LogP contribution in [0, 0.1) is 0 Å². The molecule has 2 aromatic heterocycles. The van der Waals surface area contributed by atoms with Gasteiger partial charge in [0.05, 0.1) is 30.1 Å². The number of furan rings is 1. The number of carbonyl (C=O) groups is 1. The SMILES string of the molecule is COc1ccccc1N1C(=S)N[C@H](c2ccccn2)[C@@H]1c1ccc(-c2cccc(C(=O)O)c2)o1. The molecular weight excluding hydrogens is 450 g/mol. The fourth-order valence-electron chi connectivity index (χ4n) is 4.20. The van der Waals surface area contributed by atoms with E-state index in [4.69, 9.17) is 21.4 Å². The standard InChI is InChI=1S/C26H21N3O4S/c1-32-21-11-3-2-10-19(21)29-24(23(28-26(29)34)18-9-4-5-14-27-18)22-13-12-20(33-22)16-7-6-8-17(15-16)25(30)31/h2-15,23-24H,1H3,(H,28,34)(H,30,31)/t23-,24+/m1/s1. The predicted molar refractivity (Wildman–Crippen MR) is 132 cm³/mol. The van der Waals surface area contributed by atoms with Crippen molar-refractivity contribution >= 4 is 29.0 Å². The van der Waals surface area contributed by atoms with Gasteiger partial charge in [-0.25, -0.2) is 4.79 Å². The number of ether oxygens (including phenoxy) is 1. The van der Waals surface area contributed by atoms with Crippen molar-refractivity contribution < 1.29 is 19.1 Å². The summed E-state index contributed by atoms with van der Waals surface area (Å²) in [7, 11) is 1.62. The Morgan fingerprint density at radius 1 is 1.09 bits per heavy atom. The van der Waals surface area contributed by atoms with Gasteiger partial charge in [-0.05, 0) is 60.7 Å². The third-order valence-electron chi connectivity index (χ3n) is 5.76. The molecule has 0 bridgehead atoms. The van der Waals surface area contributed by atoms with Crippen LogP contribution in [-0.2, 0) is 0 Å². The molecule has 8 heteroatoms. The number of nitrogens with zero attached hydrogens (tertiary/aromatic N) is 2. The van der Waals surface area contributed by atoms with Crippen molar-refractivity contribution in [2.75, 3.05) is 12.0 Å². The van der Waals surface area contributed by atoms with E-state index in [1.807, 2.05) is 65.6 Å². The van der Waals surface area contributed by atoms with E-state index in [0.717, 1.165) is 11.4 Å². The molecule has 4 aromatic rings. The van der Waals surface area contributed by atoms with E-state index < -0.39 is 5.97 Å². The van der Waals surface area contributed by atoms with Crippen LogP contribution in [0.25, 0.3) is 11.3 Å². The first-order chi connectivity index (χ1) is 16.6. The van der Waals surface area contributed by atoms with E-state index in [1.165, 1.54) is 0 Å². The number of rotatable bonds is 6. The highest BCUT2D eigenvalue weighted by Crippen LogP contribution is 2.45.